The van der Waals surface area contributed by atoms with E-state index < -0.39 is 11.2 Å². The molecule has 0 N–H and O–H groups in total. The highest BCUT2D eigenvalue weighted by molar-refractivity contribution is 6.42. The lowest BCUT2D eigenvalue weighted by atomic mass is 10.2. The number of hydrogen-bond donors (Lipinski definition) is 0. The lowest BCUT2D eigenvalue weighted by Crippen LogP contribution is -2.41. The molecule has 0 saturated heterocycles. The summed E-state index contributed by atoms with van der Waals surface area (Å²) in [5, 5.41) is 0.834. The Balaban J connectivity index is 1.90. The third kappa shape index (κ3) is 3.44. The minimum absolute atomic E-state index is 0.0619. The van der Waals surface area contributed by atoms with E-state index >= 15 is 0 Å². The summed E-state index contributed by atoms with van der Waals surface area (Å²) in [5.74, 6) is 0. The first-order chi connectivity index (χ1) is 13.5. The molecule has 1 aromatic carbocycles. The molecule has 140 valence electrons. The average Bonchev–Trinajstić information content (AvgIpc) is 2.72. The van der Waals surface area contributed by atoms with E-state index in [1.54, 1.807) is 54.7 Å². The van der Waals surface area contributed by atoms with E-state index in [4.69, 9.17) is 23.2 Å². The van der Waals surface area contributed by atoms with E-state index in [-0.39, 0.29) is 18.6 Å². The molecule has 0 spiro atoms. The van der Waals surface area contributed by atoms with Crippen LogP contribution in [-0.2, 0) is 13.1 Å². The normalized spacial score (nSPS) is 11.1. The standard InChI is InChI=1S/C20H14Cl2N4O2/c21-15-7-6-13(10-16(15)22)11-25-17-5-3-9-24-18(17)19(27)26(20(25)28)12-14-4-1-2-8-23-14/h1-10H,11-12H2. The van der Waals surface area contributed by atoms with Gasteiger partial charge in [0.15, 0.2) is 5.52 Å². The third-order valence-electron chi connectivity index (χ3n) is 4.36. The molecule has 0 aliphatic heterocycles. The highest BCUT2D eigenvalue weighted by Crippen LogP contribution is 2.23. The Morgan fingerprint density at radius 1 is 0.821 bits per heavy atom. The van der Waals surface area contributed by atoms with Crippen molar-refractivity contribution in [1.82, 2.24) is 19.1 Å². The van der Waals surface area contributed by atoms with Gasteiger partial charge < -0.3 is 0 Å². The van der Waals surface area contributed by atoms with Crippen LogP contribution in [0.1, 0.15) is 11.3 Å². The zero-order valence-corrected chi connectivity index (χ0v) is 16.1. The van der Waals surface area contributed by atoms with Crippen LogP contribution < -0.4 is 11.2 Å². The first-order valence-corrected chi connectivity index (χ1v) is 9.22. The Kier molecular flexibility index (Phi) is 4.98. The summed E-state index contributed by atoms with van der Waals surface area (Å²) in [4.78, 5) is 34.5. The largest absolute Gasteiger partial charge is 0.332 e. The first-order valence-electron chi connectivity index (χ1n) is 8.47. The summed E-state index contributed by atoms with van der Waals surface area (Å²) in [7, 11) is 0. The number of aromatic nitrogens is 4. The highest BCUT2D eigenvalue weighted by Gasteiger charge is 2.15. The minimum Gasteiger partial charge on any atom is -0.287 e. The minimum atomic E-state index is -0.448. The van der Waals surface area contributed by atoms with Gasteiger partial charge >= 0.3 is 5.69 Å². The molecular formula is C20H14Cl2N4O2. The number of fused-ring (bicyclic) bond motifs is 1. The number of benzene rings is 1. The molecule has 3 aromatic heterocycles. The molecule has 28 heavy (non-hydrogen) atoms. The van der Waals surface area contributed by atoms with E-state index in [0.717, 1.165) is 10.1 Å². The Morgan fingerprint density at radius 3 is 2.39 bits per heavy atom. The van der Waals surface area contributed by atoms with Crippen molar-refractivity contribution in [3.8, 4) is 0 Å². The Hall–Kier alpha value is -2.96. The molecule has 0 saturated carbocycles. The topological polar surface area (TPSA) is 69.8 Å². The van der Waals surface area contributed by atoms with Crippen LogP contribution in [0.15, 0.2) is 70.5 Å². The molecular weight excluding hydrogens is 399 g/mol. The van der Waals surface area contributed by atoms with Gasteiger partial charge in [0, 0.05) is 12.4 Å². The molecule has 0 amide bonds. The average molecular weight is 413 g/mol. The summed E-state index contributed by atoms with van der Waals surface area (Å²) in [6.07, 6.45) is 3.15. The fourth-order valence-corrected chi connectivity index (χ4v) is 3.33. The van der Waals surface area contributed by atoms with Gasteiger partial charge in [0.05, 0.1) is 34.3 Å². The number of halogens is 2. The van der Waals surface area contributed by atoms with Crippen LogP contribution in [0.2, 0.25) is 10.0 Å². The van der Waals surface area contributed by atoms with Gasteiger partial charge in [0.2, 0.25) is 0 Å². The fourth-order valence-electron chi connectivity index (χ4n) is 3.01. The van der Waals surface area contributed by atoms with Crippen molar-refractivity contribution >= 4 is 34.2 Å². The highest BCUT2D eigenvalue weighted by atomic mass is 35.5. The molecule has 0 fully saturated rings. The zero-order valence-electron chi connectivity index (χ0n) is 14.5. The zero-order chi connectivity index (χ0) is 19.7. The summed E-state index contributed by atoms with van der Waals surface area (Å²) in [5.41, 5.74) is 1.18. The summed E-state index contributed by atoms with van der Waals surface area (Å²) >= 11 is 12.1. The molecule has 0 bridgehead atoms. The van der Waals surface area contributed by atoms with E-state index in [1.165, 1.54) is 10.8 Å². The van der Waals surface area contributed by atoms with Crippen molar-refractivity contribution in [2.45, 2.75) is 13.1 Å². The fraction of sp³-hybridized carbons (Fsp3) is 0.100. The van der Waals surface area contributed by atoms with Crippen LogP contribution in [0.5, 0.6) is 0 Å². The summed E-state index contributed by atoms with van der Waals surface area (Å²) in [6, 6.07) is 13.9. The molecule has 8 heteroatoms. The van der Waals surface area contributed by atoms with Crippen LogP contribution in [0.25, 0.3) is 11.0 Å². The lowest BCUT2D eigenvalue weighted by Gasteiger charge is -2.14. The first kappa shape index (κ1) is 18.4. The second-order valence-corrected chi connectivity index (χ2v) is 7.02. The van der Waals surface area contributed by atoms with Crippen molar-refractivity contribution in [1.29, 1.82) is 0 Å². The van der Waals surface area contributed by atoms with Gasteiger partial charge in [-0.1, -0.05) is 35.3 Å². The third-order valence-corrected chi connectivity index (χ3v) is 5.10. The van der Waals surface area contributed by atoms with Crippen molar-refractivity contribution < 1.29 is 0 Å². The van der Waals surface area contributed by atoms with Gasteiger partial charge in [0.25, 0.3) is 5.56 Å². The van der Waals surface area contributed by atoms with Crippen LogP contribution in [0.3, 0.4) is 0 Å². The van der Waals surface area contributed by atoms with Crippen molar-refractivity contribution in [3.05, 3.63) is 103 Å². The molecule has 0 aliphatic carbocycles. The smallest absolute Gasteiger partial charge is 0.287 e. The summed E-state index contributed by atoms with van der Waals surface area (Å²) < 4.78 is 2.65. The van der Waals surface area contributed by atoms with Gasteiger partial charge in [-0.15, -0.1) is 0 Å². The second-order valence-electron chi connectivity index (χ2n) is 6.20. The monoisotopic (exact) mass is 412 g/mol. The van der Waals surface area contributed by atoms with Gasteiger partial charge in [-0.3, -0.25) is 18.9 Å². The predicted molar refractivity (Wildman–Crippen MR) is 109 cm³/mol. The summed E-state index contributed by atoms with van der Waals surface area (Å²) in [6.45, 7) is 0.285. The van der Waals surface area contributed by atoms with E-state index in [1.807, 2.05) is 0 Å². The number of pyridine rings is 2. The van der Waals surface area contributed by atoms with E-state index in [0.29, 0.717) is 21.3 Å². The molecule has 3 heterocycles. The Morgan fingerprint density at radius 2 is 1.64 bits per heavy atom. The van der Waals surface area contributed by atoms with Gasteiger partial charge in [-0.25, -0.2) is 9.78 Å². The molecule has 0 atom stereocenters. The number of rotatable bonds is 4. The Bertz CT molecular complexity index is 1280. The maximum absolute atomic E-state index is 13.2. The van der Waals surface area contributed by atoms with Crippen LogP contribution in [0, 0.1) is 0 Å². The molecule has 4 aromatic rings. The SMILES string of the molecule is O=c1c2ncccc2n(Cc2ccc(Cl)c(Cl)c2)c(=O)n1Cc1ccccn1. The van der Waals surface area contributed by atoms with Gasteiger partial charge in [-0.05, 0) is 42.0 Å². The van der Waals surface area contributed by atoms with Crippen molar-refractivity contribution in [3.63, 3.8) is 0 Å². The predicted octanol–water partition coefficient (Wildman–Crippen LogP) is 3.36. The van der Waals surface area contributed by atoms with Crippen LogP contribution in [0.4, 0.5) is 0 Å². The molecule has 0 unspecified atom stereocenters. The molecule has 0 radical (unpaired) electrons. The quantitative estimate of drug-likeness (QED) is 0.515. The van der Waals surface area contributed by atoms with Crippen LogP contribution in [-0.4, -0.2) is 19.1 Å². The number of nitrogens with zero attached hydrogens (tertiary/aromatic N) is 4. The maximum Gasteiger partial charge on any atom is 0.332 e. The molecule has 4 rings (SSSR count). The van der Waals surface area contributed by atoms with E-state index in [9.17, 15) is 9.59 Å². The lowest BCUT2D eigenvalue weighted by molar-refractivity contribution is 0.626. The molecule has 6 nitrogen and oxygen atoms in total. The van der Waals surface area contributed by atoms with E-state index in [2.05, 4.69) is 9.97 Å². The maximum atomic E-state index is 13.2. The Labute approximate surface area is 169 Å². The van der Waals surface area contributed by atoms with Crippen molar-refractivity contribution in [2.24, 2.45) is 0 Å². The van der Waals surface area contributed by atoms with Crippen molar-refractivity contribution in [2.75, 3.05) is 0 Å². The van der Waals surface area contributed by atoms with Crippen LogP contribution >= 0.6 is 23.2 Å². The number of hydrogen-bond acceptors (Lipinski definition) is 4. The van der Waals surface area contributed by atoms with Gasteiger partial charge in [-0.2, -0.15) is 0 Å². The second kappa shape index (κ2) is 7.58. The molecule has 0 aliphatic rings. The van der Waals surface area contributed by atoms with Gasteiger partial charge in [0.1, 0.15) is 0 Å².